The predicted molar refractivity (Wildman–Crippen MR) is 113 cm³/mol. The molecule has 3 fully saturated rings. The fraction of sp³-hybridized carbons (Fsp3) is 0.652. The van der Waals surface area contributed by atoms with Gasteiger partial charge in [-0.05, 0) is 64.1 Å². The van der Waals surface area contributed by atoms with Crippen molar-refractivity contribution in [3.8, 4) is 0 Å². The second-order valence-electron chi connectivity index (χ2n) is 9.49. The van der Waals surface area contributed by atoms with E-state index in [1.165, 1.54) is 18.4 Å². The lowest BCUT2D eigenvalue weighted by Crippen LogP contribution is -2.55. The molecule has 1 heterocycles. The Morgan fingerprint density at radius 2 is 1.79 bits per heavy atom. The van der Waals surface area contributed by atoms with Crippen LogP contribution < -0.4 is 5.73 Å². The lowest BCUT2D eigenvalue weighted by molar-refractivity contribution is -0.118. The van der Waals surface area contributed by atoms with Gasteiger partial charge in [0, 0.05) is 31.6 Å². The number of urea groups is 1. The SMILES string of the molecule is CN(C)[C@]1(c2ccccc2)CC[C@@]2(CC1)CN(CCC(N)=O)C(=O)N2CC1CC1. The molecule has 4 rings (SSSR count). The highest BCUT2D eigenvalue weighted by Crippen LogP contribution is 2.49. The summed E-state index contributed by atoms with van der Waals surface area (Å²) in [5.74, 6) is 0.313. The molecule has 0 aromatic heterocycles. The number of rotatable bonds is 7. The van der Waals surface area contributed by atoms with Gasteiger partial charge in [0.2, 0.25) is 5.91 Å². The Balaban J connectivity index is 1.56. The topological polar surface area (TPSA) is 69.9 Å². The Kier molecular flexibility index (Phi) is 5.32. The summed E-state index contributed by atoms with van der Waals surface area (Å²) in [6, 6.07) is 10.9. The van der Waals surface area contributed by atoms with E-state index < -0.39 is 0 Å². The highest BCUT2D eigenvalue weighted by Gasteiger charge is 2.55. The second kappa shape index (κ2) is 7.63. The minimum Gasteiger partial charge on any atom is -0.370 e. The fourth-order valence-electron chi connectivity index (χ4n) is 5.43. The Morgan fingerprint density at radius 3 is 2.34 bits per heavy atom. The van der Waals surface area contributed by atoms with Crippen LogP contribution in [0.1, 0.15) is 50.5 Å². The summed E-state index contributed by atoms with van der Waals surface area (Å²) in [7, 11) is 4.35. The molecule has 0 unspecified atom stereocenters. The molecule has 29 heavy (non-hydrogen) atoms. The van der Waals surface area contributed by atoms with E-state index in [0.29, 0.717) is 12.5 Å². The van der Waals surface area contributed by atoms with E-state index in [2.05, 4.69) is 54.2 Å². The van der Waals surface area contributed by atoms with E-state index >= 15 is 0 Å². The van der Waals surface area contributed by atoms with E-state index in [9.17, 15) is 9.59 Å². The van der Waals surface area contributed by atoms with E-state index in [-0.39, 0.29) is 29.4 Å². The van der Waals surface area contributed by atoms with Crippen molar-refractivity contribution in [3.05, 3.63) is 35.9 Å². The lowest BCUT2D eigenvalue weighted by Gasteiger charge is -2.51. The molecule has 0 atom stereocenters. The molecule has 1 saturated heterocycles. The number of hydrogen-bond donors (Lipinski definition) is 1. The van der Waals surface area contributed by atoms with Gasteiger partial charge in [0.1, 0.15) is 0 Å². The smallest absolute Gasteiger partial charge is 0.320 e. The van der Waals surface area contributed by atoms with Crippen molar-refractivity contribution in [1.82, 2.24) is 14.7 Å². The van der Waals surface area contributed by atoms with Crippen LogP contribution in [0.15, 0.2) is 30.3 Å². The van der Waals surface area contributed by atoms with Gasteiger partial charge in [-0.15, -0.1) is 0 Å². The fourth-order valence-corrected chi connectivity index (χ4v) is 5.43. The van der Waals surface area contributed by atoms with Crippen LogP contribution in [0.25, 0.3) is 0 Å². The van der Waals surface area contributed by atoms with Crippen molar-refractivity contribution < 1.29 is 9.59 Å². The maximum absolute atomic E-state index is 13.2. The molecule has 2 aliphatic carbocycles. The van der Waals surface area contributed by atoms with Crippen molar-refractivity contribution in [3.63, 3.8) is 0 Å². The number of carbonyl (C=O) groups excluding carboxylic acids is 2. The van der Waals surface area contributed by atoms with Crippen LogP contribution in [0.5, 0.6) is 0 Å². The van der Waals surface area contributed by atoms with Gasteiger partial charge < -0.3 is 15.5 Å². The van der Waals surface area contributed by atoms with Crippen LogP contribution in [0, 0.1) is 5.92 Å². The minimum atomic E-state index is -0.341. The van der Waals surface area contributed by atoms with Gasteiger partial charge in [-0.25, -0.2) is 4.79 Å². The Morgan fingerprint density at radius 1 is 1.14 bits per heavy atom. The van der Waals surface area contributed by atoms with E-state index in [1.807, 2.05) is 4.90 Å². The number of primary amides is 1. The molecule has 1 aromatic rings. The first-order valence-electron chi connectivity index (χ1n) is 10.9. The quantitative estimate of drug-likeness (QED) is 0.768. The molecule has 0 radical (unpaired) electrons. The third-order valence-electron chi connectivity index (χ3n) is 7.50. The monoisotopic (exact) mass is 398 g/mol. The standard InChI is InChI=1S/C23H34N4O2/c1-25(2)23(19-6-4-3-5-7-19)13-11-22(12-14-23)17-26(15-10-20(24)28)21(29)27(22)16-18-8-9-18/h3-7,18H,8-17H2,1-2H3,(H2,24,28)/t22-,23-. The maximum atomic E-state index is 13.2. The van der Waals surface area contributed by atoms with Crippen molar-refractivity contribution in [1.29, 1.82) is 0 Å². The summed E-state index contributed by atoms with van der Waals surface area (Å²) < 4.78 is 0. The van der Waals surface area contributed by atoms with Crippen LogP contribution in [0.3, 0.4) is 0 Å². The van der Waals surface area contributed by atoms with Gasteiger partial charge in [0.15, 0.2) is 0 Å². The third kappa shape index (κ3) is 3.75. The van der Waals surface area contributed by atoms with Crippen LogP contribution in [0.2, 0.25) is 0 Å². The summed E-state index contributed by atoms with van der Waals surface area (Å²) in [5, 5.41) is 0. The van der Waals surface area contributed by atoms with Gasteiger partial charge in [-0.2, -0.15) is 0 Å². The first kappa shape index (κ1) is 20.2. The summed E-state index contributed by atoms with van der Waals surface area (Å²) in [6.07, 6.45) is 6.74. The average Bonchev–Trinajstić information content (AvgIpc) is 3.50. The minimum absolute atomic E-state index is 0.0153. The highest BCUT2D eigenvalue weighted by molar-refractivity contribution is 5.80. The molecule has 6 nitrogen and oxygen atoms in total. The zero-order valence-electron chi connectivity index (χ0n) is 17.8. The maximum Gasteiger partial charge on any atom is 0.320 e. The molecule has 2 N–H and O–H groups in total. The molecule has 3 aliphatic rings. The van der Waals surface area contributed by atoms with Crippen LogP contribution in [-0.4, -0.2) is 65.9 Å². The van der Waals surface area contributed by atoms with Crippen molar-refractivity contribution in [2.75, 3.05) is 33.7 Å². The molecular formula is C23H34N4O2. The molecule has 1 aromatic carbocycles. The number of benzene rings is 1. The predicted octanol–water partition coefficient (Wildman–Crippen LogP) is 2.78. The highest BCUT2D eigenvalue weighted by atomic mass is 16.2. The van der Waals surface area contributed by atoms with E-state index in [0.717, 1.165) is 38.8 Å². The molecule has 158 valence electrons. The summed E-state index contributed by atoms with van der Waals surface area (Å²) in [6.45, 7) is 2.03. The number of nitrogens with two attached hydrogens (primary N) is 1. The van der Waals surface area contributed by atoms with Crippen molar-refractivity contribution >= 4 is 11.9 Å². The first-order valence-corrected chi connectivity index (χ1v) is 10.9. The van der Waals surface area contributed by atoms with Gasteiger partial charge in [0.25, 0.3) is 0 Å². The van der Waals surface area contributed by atoms with Crippen LogP contribution in [-0.2, 0) is 10.3 Å². The molecule has 6 heteroatoms. The third-order valence-corrected chi connectivity index (χ3v) is 7.50. The van der Waals surface area contributed by atoms with Crippen LogP contribution in [0.4, 0.5) is 4.79 Å². The molecule has 1 spiro atoms. The van der Waals surface area contributed by atoms with Gasteiger partial charge in [-0.1, -0.05) is 30.3 Å². The molecule has 1 aliphatic heterocycles. The largest absolute Gasteiger partial charge is 0.370 e. The van der Waals surface area contributed by atoms with Crippen LogP contribution >= 0.6 is 0 Å². The van der Waals surface area contributed by atoms with E-state index in [1.54, 1.807) is 0 Å². The number of amides is 3. The summed E-state index contributed by atoms with van der Waals surface area (Å²) in [4.78, 5) is 30.9. The zero-order valence-corrected chi connectivity index (χ0v) is 17.8. The second-order valence-corrected chi connectivity index (χ2v) is 9.49. The lowest BCUT2D eigenvalue weighted by atomic mass is 9.68. The number of nitrogens with zero attached hydrogens (tertiary/aromatic N) is 3. The summed E-state index contributed by atoms with van der Waals surface area (Å²) in [5.41, 5.74) is 6.62. The van der Waals surface area contributed by atoms with Gasteiger partial charge in [-0.3, -0.25) is 9.69 Å². The molecule has 2 saturated carbocycles. The molecule has 3 amide bonds. The first-order chi connectivity index (χ1) is 13.9. The zero-order chi connectivity index (χ0) is 20.6. The Bertz CT molecular complexity index is 751. The van der Waals surface area contributed by atoms with Crippen molar-refractivity contribution in [2.24, 2.45) is 11.7 Å². The number of carbonyl (C=O) groups is 2. The molecule has 0 bridgehead atoms. The molecular weight excluding hydrogens is 364 g/mol. The number of hydrogen-bond acceptors (Lipinski definition) is 3. The van der Waals surface area contributed by atoms with Gasteiger partial charge >= 0.3 is 6.03 Å². The summed E-state index contributed by atoms with van der Waals surface area (Å²) >= 11 is 0. The van der Waals surface area contributed by atoms with Crippen molar-refractivity contribution in [2.45, 2.75) is 56.0 Å². The average molecular weight is 399 g/mol. The Labute approximate surface area is 174 Å². The van der Waals surface area contributed by atoms with E-state index in [4.69, 9.17) is 5.73 Å². The Hall–Kier alpha value is -2.08. The normalized spacial score (nSPS) is 29.8. The van der Waals surface area contributed by atoms with Gasteiger partial charge in [0.05, 0.1) is 5.54 Å².